The Bertz CT molecular complexity index is 865. The van der Waals surface area contributed by atoms with Crippen LogP contribution in [0.1, 0.15) is 54.0 Å². The van der Waals surface area contributed by atoms with Crippen LogP contribution in [0.3, 0.4) is 0 Å². The van der Waals surface area contributed by atoms with Gasteiger partial charge in [-0.1, -0.05) is 37.5 Å². The molecule has 4 rings (SSSR count). The molecule has 1 atom stereocenters. The number of aryl methyl sites for hydroxylation is 1. The number of rotatable bonds is 5. The Morgan fingerprint density at radius 2 is 1.76 bits per heavy atom. The van der Waals surface area contributed by atoms with E-state index >= 15 is 0 Å². The lowest BCUT2D eigenvalue weighted by Crippen LogP contribution is -2.52. The average Bonchev–Trinajstić information content (AvgIpc) is 3.22. The predicted molar refractivity (Wildman–Crippen MR) is 114 cm³/mol. The van der Waals surface area contributed by atoms with Gasteiger partial charge in [-0.05, 0) is 43.5 Å². The van der Waals surface area contributed by atoms with Crippen molar-refractivity contribution in [3.63, 3.8) is 0 Å². The molecule has 2 heterocycles. The van der Waals surface area contributed by atoms with Crippen molar-refractivity contribution in [2.75, 3.05) is 26.2 Å². The summed E-state index contributed by atoms with van der Waals surface area (Å²) in [7, 11) is -1.18. The fraction of sp³-hybridized carbons (Fsp3) is 0.522. The van der Waals surface area contributed by atoms with E-state index in [-0.39, 0.29) is 11.7 Å². The number of hydrogen-bond donors (Lipinski definition) is 0. The summed E-state index contributed by atoms with van der Waals surface area (Å²) in [6.45, 7) is 5.35. The summed E-state index contributed by atoms with van der Waals surface area (Å²) in [5.41, 5.74) is 1.00. The van der Waals surface area contributed by atoms with E-state index in [1.54, 1.807) is 12.1 Å². The van der Waals surface area contributed by atoms with Crippen molar-refractivity contribution in [1.82, 2.24) is 9.80 Å². The molecular weight excluding hydrogens is 384 g/mol. The van der Waals surface area contributed by atoms with E-state index in [2.05, 4.69) is 4.90 Å². The number of benzene rings is 1. The van der Waals surface area contributed by atoms with E-state index in [1.165, 1.54) is 32.1 Å². The molecule has 1 aromatic heterocycles. The van der Waals surface area contributed by atoms with Crippen LogP contribution in [0.15, 0.2) is 45.7 Å². The van der Waals surface area contributed by atoms with Gasteiger partial charge >= 0.3 is 0 Å². The Balaban J connectivity index is 1.33. The minimum atomic E-state index is -1.18. The SMILES string of the molecule is Cc1ccccc1S(=O)Cc1ccc(C(=O)N2CCN(C3CCCCC3)CC2)o1. The number of nitrogens with zero attached hydrogens (tertiary/aromatic N) is 2. The lowest BCUT2D eigenvalue weighted by molar-refractivity contribution is 0.0496. The molecule has 1 amide bonds. The van der Waals surface area contributed by atoms with Crippen LogP contribution in [-0.2, 0) is 16.6 Å². The first-order chi connectivity index (χ1) is 14.1. The van der Waals surface area contributed by atoms with Crippen LogP contribution < -0.4 is 0 Å². The third-order valence-electron chi connectivity index (χ3n) is 6.18. The molecule has 1 aromatic carbocycles. The largest absolute Gasteiger partial charge is 0.455 e. The van der Waals surface area contributed by atoms with E-state index in [1.807, 2.05) is 36.1 Å². The molecule has 0 radical (unpaired) electrons. The fourth-order valence-electron chi connectivity index (χ4n) is 4.48. The highest BCUT2D eigenvalue weighted by molar-refractivity contribution is 7.84. The van der Waals surface area contributed by atoms with Gasteiger partial charge in [0.25, 0.3) is 5.91 Å². The molecule has 1 unspecified atom stereocenters. The Labute approximate surface area is 175 Å². The van der Waals surface area contributed by atoms with Crippen LogP contribution in [0, 0.1) is 6.92 Å². The van der Waals surface area contributed by atoms with Gasteiger partial charge in [0, 0.05) is 37.1 Å². The third-order valence-corrected chi connectivity index (χ3v) is 7.67. The molecule has 2 aromatic rings. The molecule has 6 heteroatoms. The number of carbonyl (C=O) groups excluding carboxylic acids is 1. The molecular formula is C23H30N2O3S. The quantitative estimate of drug-likeness (QED) is 0.742. The summed E-state index contributed by atoms with van der Waals surface area (Å²) in [4.78, 5) is 18.1. The zero-order valence-electron chi connectivity index (χ0n) is 17.1. The normalized spacial score (nSPS) is 20.0. The van der Waals surface area contributed by atoms with Crippen LogP contribution in [0.4, 0.5) is 0 Å². The van der Waals surface area contributed by atoms with Gasteiger partial charge in [0.1, 0.15) is 5.76 Å². The summed E-state index contributed by atoms with van der Waals surface area (Å²) < 4.78 is 18.4. The van der Waals surface area contributed by atoms with E-state index < -0.39 is 10.8 Å². The molecule has 156 valence electrons. The van der Waals surface area contributed by atoms with E-state index in [0.717, 1.165) is 36.6 Å². The molecule has 0 bridgehead atoms. The first-order valence-electron chi connectivity index (χ1n) is 10.7. The van der Waals surface area contributed by atoms with Gasteiger partial charge in [0.2, 0.25) is 0 Å². The van der Waals surface area contributed by atoms with Crippen molar-refractivity contribution >= 4 is 16.7 Å². The lowest BCUT2D eigenvalue weighted by Gasteiger charge is -2.40. The van der Waals surface area contributed by atoms with Gasteiger partial charge in [-0.2, -0.15) is 0 Å². The molecule has 0 N–H and O–H groups in total. The molecule has 2 fully saturated rings. The Kier molecular flexibility index (Phi) is 6.50. The number of piperazine rings is 1. The van der Waals surface area contributed by atoms with Gasteiger partial charge in [0.15, 0.2) is 5.76 Å². The van der Waals surface area contributed by atoms with Crippen molar-refractivity contribution in [3.05, 3.63) is 53.5 Å². The maximum absolute atomic E-state index is 12.8. The second-order valence-corrected chi connectivity index (χ2v) is 9.56. The average molecular weight is 415 g/mol. The minimum absolute atomic E-state index is 0.0544. The highest BCUT2D eigenvalue weighted by Gasteiger charge is 2.28. The molecule has 5 nitrogen and oxygen atoms in total. The van der Waals surface area contributed by atoms with Crippen molar-refractivity contribution in [2.45, 2.75) is 55.7 Å². The highest BCUT2D eigenvalue weighted by Crippen LogP contribution is 2.24. The van der Waals surface area contributed by atoms with Gasteiger partial charge in [-0.3, -0.25) is 13.9 Å². The zero-order valence-corrected chi connectivity index (χ0v) is 18.0. The van der Waals surface area contributed by atoms with Crippen molar-refractivity contribution < 1.29 is 13.4 Å². The molecule has 2 aliphatic rings. The zero-order chi connectivity index (χ0) is 20.2. The monoisotopic (exact) mass is 414 g/mol. The number of furan rings is 1. The fourth-order valence-corrected chi connectivity index (χ4v) is 5.71. The highest BCUT2D eigenvalue weighted by atomic mass is 32.2. The molecule has 1 aliphatic carbocycles. The Morgan fingerprint density at radius 1 is 1.03 bits per heavy atom. The maximum atomic E-state index is 12.8. The van der Waals surface area contributed by atoms with E-state index in [9.17, 15) is 9.00 Å². The van der Waals surface area contributed by atoms with Crippen molar-refractivity contribution in [3.8, 4) is 0 Å². The molecule has 1 aliphatic heterocycles. The van der Waals surface area contributed by atoms with Gasteiger partial charge in [-0.25, -0.2) is 0 Å². The van der Waals surface area contributed by atoms with Gasteiger partial charge in [-0.15, -0.1) is 0 Å². The summed E-state index contributed by atoms with van der Waals surface area (Å²) in [6, 6.07) is 11.9. The summed E-state index contributed by atoms with van der Waals surface area (Å²) in [6.07, 6.45) is 6.64. The minimum Gasteiger partial charge on any atom is -0.455 e. The van der Waals surface area contributed by atoms with Crippen LogP contribution in [0.2, 0.25) is 0 Å². The van der Waals surface area contributed by atoms with Crippen LogP contribution >= 0.6 is 0 Å². The number of amides is 1. The smallest absolute Gasteiger partial charge is 0.289 e. The Morgan fingerprint density at radius 3 is 2.48 bits per heavy atom. The Hall–Kier alpha value is -1.92. The van der Waals surface area contributed by atoms with Gasteiger partial charge < -0.3 is 9.32 Å². The molecule has 29 heavy (non-hydrogen) atoms. The predicted octanol–water partition coefficient (Wildman–Crippen LogP) is 3.99. The first-order valence-corrected chi connectivity index (χ1v) is 12.0. The second kappa shape index (κ2) is 9.26. The molecule has 1 saturated heterocycles. The van der Waals surface area contributed by atoms with E-state index in [0.29, 0.717) is 17.6 Å². The van der Waals surface area contributed by atoms with E-state index in [4.69, 9.17) is 4.42 Å². The van der Waals surface area contributed by atoms with Crippen LogP contribution in [0.5, 0.6) is 0 Å². The van der Waals surface area contributed by atoms with Crippen LogP contribution in [-0.4, -0.2) is 52.1 Å². The summed E-state index contributed by atoms with van der Waals surface area (Å²) in [5.74, 6) is 1.18. The standard InChI is InChI=1S/C23H30N2O3S/c1-18-7-5-6-10-22(18)29(27)17-20-11-12-21(28-20)23(26)25-15-13-24(14-16-25)19-8-3-2-4-9-19/h5-7,10-12,19H,2-4,8-9,13-17H2,1H3. The maximum Gasteiger partial charge on any atom is 0.289 e. The second-order valence-electron chi connectivity index (χ2n) is 8.14. The summed E-state index contributed by atoms with van der Waals surface area (Å²) >= 11 is 0. The summed E-state index contributed by atoms with van der Waals surface area (Å²) in [5, 5.41) is 0. The lowest BCUT2D eigenvalue weighted by atomic mass is 9.94. The number of hydrogen-bond acceptors (Lipinski definition) is 4. The van der Waals surface area contributed by atoms with Gasteiger partial charge in [0.05, 0.1) is 16.6 Å². The molecule has 1 saturated carbocycles. The third kappa shape index (κ3) is 4.81. The van der Waals surface area contributed by atoms with Crippen LogP contribution in [0.25, 0.3) is 0 Å². The topological polar surface area (TPSA) is 53.8 Å². The molecule has 0 spiro atoms. The van der Waals surface area contributed by atoms with Crippen molar-refractivity contribution in [2.24, 2.45) is 0 Å². The van der Waals surface area contributed by atoms with Crippen molar-refractivity contribution in [1.29, 1.82) is 0 Å². The first kappa shape index (κ1) is 20.4. The number of carbonyl (C=O) groups is 1.